The molecule has 1 rings (SSSR count). The summed E-state index contributed by atoms with van der Waals surface area (Å²) >= 11 is 1.77. The Bertz CT molecular complexity index is 264. The Morgan fingerprint density at radius 2 is 2.18 bits per heavy atom. The van der Waals surface area contributed by atoms with Crippen molar-refractivity contribution in [3.63, 3.8) is 0 Å². The monoisotopic (exact) mass is 164 g/mol. The molecule has 11 heavy (non-hydrogen) atoms. The van der Waals surface area contributed by atoms with Crippen LogP contribution in [0.2, 0.25) is 0 Å². The molecule has 0 unspecified atom stereocenters. The first kappa shape index (κ1) is 8.41. The highest BCUT2D eigenvalue weighted by atomic mass is 32.2. The lowest BCUT2D eigenvalue weighted by molar-refractivity contribution is 1.35. The van der Waals surface area contributed by atoms with Gasteiger partial charge in [-0.15, -0.1) is 11.8 Å². The van der Waals surface area contributed by atoms with Crippen LogP contribution >= 0.6 is 11.8 Å². The fourth-order valence-corrected chi connectivity index (χ4v) is 1.50. The summed E-state index contributed by atoms with van der Waals surface area (Å²) < 4.78 is 0. The molecule has 58 valence electrons. The van der Waals surface area contributed by atoms with Crippen molar-refractivity contribution in [3.8, 4) is 0 Å². The molecule has 0 spiro atoms. The number of hydrogen-bond donors (Lipinski definition) is 0. The van der Waals surface area contributed by atoms with Gasteiger partial charge in [-0.2, -0.15) is 0 Å². The molecule has 0 aliphatic heterocycles. The second kappa shape index (κ2) is 3.63. The lowest BCUT2D eigenvalue weighted by Crippen LogP contribution is -1.79. The van der Waals surface area contributed by atoms with Crippen LogP contribution < -0.4 is 0 Å². The third-order valence-electron chi connectivity index (χ3n) is 1.70. The number of rotatable bonds is 2. The average molecular weight is 164 g/mol. The Hall–Kier alpha value is -0.690. The Kier molecular flexibility index (Phi) is 2.77. The van der Waals surface area contributed by atoms with E-state index in [2.05, 4.69) is 38.0 Å². The van der Waals surface area contributed by atoms with Gasteiger partial charge in [0.25, 0.3) is 0 Å². The number of benzene rings is 1. The SMILES string of the molecule is C=Cc1ccc(SC)cc1C. The van der Waals surface area contributed by atoms with Crippen LogP contribution in [-0.4, -0.2) is 6.26 Å². The average Bonchev–Trinajstić information content (AvgIpc) is 2.04. The van der Waals surface area contributed by atoms with E-state index in [4.69, 9.17) is 0 Å². The first-order valence-corrected chi connectivity index (χ1v) is 4.77. The molecule has 0 saturated heterocycles. The minimum absolute atomic E-state index is 1.22. The minimum Gasteiger partial charge on any atom is -0.130 e. The third-order valence-corrected chi connectivity index (χ3v) is 2.42. The summed E-state index contributed by atoms with van der Waals surface area (Å²) in [5.41, 5.74) is 2.52. The van der Waals surface area contributed by atoms with Gasteiger partial charge in [0.05, 0.1) is 0 Å². The molecule has 1 aromatic rings. The first-order valence-electron chi connectivity index (χ1n) is 3.55. The Labute approximate surface area is 72.3 Å². The van der Waals surface area contributed by atoms with Crippen LogP contribution in [0.1, 0.15) is 11.1 Å². The molecule has 0 fully saturated rings. The van der Waals surface area contributed by atoms with Crippen LogP contribution in [0.5, 0.6) is 0 Å². The van der Waals surface area contributed by atoms with E-state index in [-0.39, 0.29) is 0 Å². The highest BCUT2D eigenvalue weighted by molar-refractivity contribution is 7.98. The van der Waals surface area contributed by atoms with E-state index in [1.54, 1.807) is 11.8 Å². The van der Waals surface area contributed by atoms with Crippen LogP contribution in [0.15, 0.2) is 29.7 Å². The van der Waals surface area contributed by atoms with Gasteiger partial charge in [0.15, 0.2) is 0 Å². The Morgan fingerprint density at radius 1 is 1.45 bits per heavy atom. The Balaban J connectivity index is 3.09. The zero-order valence-electron chi connectivity index (χ0n) is 6.92. The highest BCUT2D eigenvalue weighted by Gasteiger charge is 1.94. The smallest absolute Gasteiger partial charge is 0.00721 e. The predicted molar refractivity (Wildman–Crippen MR) is 53.1 cm³/mol. The summed E-state index contributed by atoms with van der Waals surface area (Å²) in [6, 6.07) is 6.41. The number of aryl methyl sites for hydroxylation is 1. The van der Waals surface area contributed by atoms with E-state index < -0.39 is 0 Å². The van der Waals surface area contributed by atoms with Gasteiger partial charge in [0, 0.05) is 4.90 Å². The second-order valence-corrected chi connectivity index (χ2v) is 3.31. The molecular formula is C10H12S. The molecular weight excluding hydrogens is 152 g/mol. The third kappa shape index (κ3) is 1.87. The number of hydrogen-bond acceptors (Lipinski definition) is 1. The van der Waals surface area contributed by atoms with E-state index in [1.165, 1.54) is 16.0 Å². The van der Waals surface area contributed by atoms with Gasteiger partial charge < -0.3 is 0 Å². The van der Waals surface area contributed by atoms with Gasteiger partial charge >= 0.3 is 0 Å². The van der Waals surface area contributed by atoms with Crippen molar-refractivity contribution in [2.24, 2.45) is 0 Å². The first-order chi connectivity index (χ1) is 5.27. The highest BCUT2D eigenvalue weighted by Crippen LogP contribution is 2.19. The van der Waals surface area contributed by atoms with Crippen molar-refractivity contribution >= 4 is 17.8 Å². The summed E-state index contributed by atoms with van der Waals surface area (Å²) in [7, 11) is 0. The Morgan fingerprint density at radius 3 is 2.64 bits per heavy atom. The molecule has 0 bridgehead atoms. The summed E-state index contributed by atoms with van der Waals surface area (Å²) in [4.78, 5) is 1.31. The molecule has 0 aliphatic rings. The van der Waals surface area contributed by atoms with Gasteiger partial charge in [-0.3, -0.25) is 0 Å². The fourth-order valence-electron chi connectivity index (χ4n) is 1.00. The van der Waals surface area contributed by atoms with Gasteiger partial charge in [-0.1, -0.05) is 18.7 Å². The molecule has 0 aromatic heterocycles. The largest absolute Gasteiger partial charge is 0.130 e. The molecule has 0 N–H and O–H groups in total. The van der Waals surface area contributed by atoms with Gasteiger partial charge in [-0.05, 0) is 36.4 Å². The molecule has 1 heteroatoms. The normalized spacial score (nSPS) is 9.64. The van der Waals surface area contributed by atoms with Gasteiger partial charge in [0.2, 0.25) is 0 Å². The van der Waals surface area contributed by atoms with Crippen LogP contribution in [0.4, 0.5) is 0 Å². The zero-order valence-corrected chi connectivity index (χ0v) is 7.74. The summed E-state index contributed by atoms with van der Waals surface area (Å²) in [5, 5.41) is 0. The van der Waals surface area contributed by atoms with E-state index in [0.29, 0.717) is 0 Å². The van der Waals surface area contributed by atoms with Crippen molar-refractivity contribution in [1.29, 1.82) is 0 Å². The maximum Gasteiger partial charge on any atom is 0.00721 e. The molecule has 0 amide bonds. The van der Waals surface area contributed by atoms with Crippen molar-refractivity contribution in [2.45, 2.75) is 11.8 Å². The standard InChI is InChI=1S/C10H12S/c1-4-9-5-6-10(11-3)7-8(9)2/h4-7H,1H2,2-3H3. The topological polar surface area (TPSA) is 0 Å². The maximum atomic E-state index is 3.74. The van der Waals surface area contributed by atoms with Crippen LogP contribution in [0.25, 0.3) is 6.08 Å². The summed E-state index contributed by atoms with van der Waals surface area (Å²) in [6.07, 6.45) is 3.97. The van der Waals surface area contributed by atoms with Crippen LogP contribution in [0.3, 0.4) is 0 Å². The lowest BCUT2D eigenvalue weighted by atomic mass is 10.1. The van der Waals surface area contributed by atoms with E-state index in [0.717, 1.165) is 0 Å². The van der Waals surface area contributed by atoms with Crippen LogP contribution in [0, 0.1) is 6.92 Å². The van der Waals surface area contributed by atoms with E-state index in [9.17, 15) is 0 Å². The molecule has 1 aromatic carbocycles. The fraction of sp³-hybridized carbons (Fsp3) is 0.200. The van der Waals surface area contributed by atoms with Crippen molar-refractivity contribution in [2.75, 3.05) is 6.26 Å². The van der Waals surface area contributed by atoms with E-state index >= 15 is 0 Å². The van der Waals surface area contributed by atoms with Crippen molar-refractivity contribution in [3.05, 3.63) is 35.9 Å². The predicted octanol–water partition coefficient (Wildman–Crippen LogP) is 3.36. The molecule has 0 nitrogen and oxygen atoms in total. The zero-order chi connectivity index (χ0) is 8.27. The molecule has 0 aliphatic carbocycles. The van der Waals surface area contributed by atoms with E-state index in [1.807, 2.05) is 6.08 Å². The second-order valence-electron chi connectivity index (χ2n) is 2.43. The molecule has 0 radical (unpaired) electrons. The maximum absolute atomic E-state index is 3.74. The molecule has 0 heterocycles. The minimum atomic E-state index is 1.22. The molecule has 0 saturated carbocycles. The quantitative estimate of drug-likeness (QED) is 0.604. The number of thioether (sulfide) groups is 1. The summed E-state index contributed by atoms with van der Waals surface area (Å²) in [5.74, 6) is 0. The lowest BCUT2D eigenvalue weighted by Gasteiger charge is -2.01. The summed E-state index contributed by atoms with van der Waals surface area (Å²) in [6.45, 7) is 5.85. The van der Waals surface area contributed by atoms with Gasteiger partial charge in [-0.25, -0.2) is 0 Å². The van der Waals surface area contributed by atoms with Crippen molar-refractivity contribution < 1.29 is 0 Å². The van der Waals surface area contributed by atoms with Gasteiger partial charge in [0.1, 0.15) is 0 Å². The molecule has 0 atom stereocenters. The van der Waals surface area contributed by atoms with Crippen LogP contribution in [-0.2, 0) is 0 Å². The van der Waals surface area contributed by atoms with Crippen molar-refractivity contribution in [1.82, 2.24) is 0 Å².